The number of phenolic OH excluding ortho intramolecular Hbond substituents is 1. The Bertz CT molecular complexity index is 2270. The van der Waals surface area contributed by atoms with Gasteiger partial charge in [-0.15, -0.1) is 0 Å². The van der Waals surface area contributed by atoms with Gasteiger partial charge in [-0.05, 0) is 78.6 Å². The number of amides is 2. The smallest absolute Gasteiger partial charge is 0.339 e. The van der Waals surface area contributed by atoms with E-state index in [9.17, 15) is 29.7 Å². The number of nitrogens with zero attached hydrogens (tertiary/aromatic N) is 1. The van der Waals surface area contributed by atoms with E-state index in [1.807, 2.05) is 66.7 Å². The molecule has 4 aromatic rings. The van der Waals surface area contributed by atoms with Gasteiger partial charge in [-0.25, -0.2) is 9.69 Å². The van der Waals surface area contributed by atoms with Gasteiger partial charge in [0.15, 0.2) is 11.6 Å². The van der Waals surface area contributed by atoms with E-state index in [4.69, 9.17) is 0 Å². The number of anilines is 1. The Kier molecular flexibility index (Phi) is 7.64. The van der Waals surface area contributed by atoms with E-state index >= 15 is 9.59 Å². The van der Waals surface area contributed by atoms with Crippen molar-refractivity contribution >= 4 is 40.6 Å². The summed E-state index contributed by atoms with van der Waals surface area (Å²) in [4.78, 5) is 71.4. The van der Waals surface area contributed by atoms with Crippen molar-refractivity contribution in [2.75, 3.05) is 4.90 Å². The lowest BCUT2D eigenvalue weighted by Crippen LogP contribution is -2.58. The van der Waals surface area contributed by atoms with Gasteiger partial charge in [0.25, 0.3) is 0 Å². The van der Waals surface area contributed by atoms with E-state index in [1.165, 1.54) is 12.1 Å². The second-order valence-corrected chi connectivity index (χ2v) is 14.3. The van der Waals surface area contributed by atoms with Crippen LogP contribution in [-0.4, -0.2) is 44.7 Å². The molecule has 9 heteroatoms. The van der Waals surface area contributed by atoms with Gasteiger partial charge in [0.05, 0.1) is 22.9 Å². The fourth-order valence-corrected chi connectivity index (χ4v) is 9.50. The number of carboxylic acid groups (broad SMARTS) is 1. The summed E-state index contributed by atoms with van der Waals surface area (Å²) in [5, 5.41) is 30.7. The molecule has 2 amide bonds. The van der Waals surface area contributed by atoms with Crippen LogP contribution in [0.5, 0.6) is 11.5 Å². The highest BCUT2D eigenvalue weighted by molar-refractivity contribution is 6.32. The number of rotatable bonds is 5. The molecule has 1 aliphatic heterocycles. The first-order valence-electron chi connectivity index (χ1n) is 17.3. The van der Waals surface area contributed by atoms with Crippen LogP contribution in [0.25, 0.3) is 5.57 Å². The molecule has 6 unspecified atom stereocenters. The average molecular weight is 694 g/mol. The number of imide groups is 1. The van der Waals surface area contributed by atoms with Crippen molar-refractivity contribution < 1.29 is 39.3 Å². The molecule has 1 heterocycles. The number of carbonyl (C=O) groups excluding carboxylic acids is 4. The molecule has 8 rings (SSSR count). The molecule has 52 heavy (non-hydrogen) atoms. The third-order valence-electron chi connectivity index (χ3n) is 11.7. The number of aromatic hydroxyl groups is 2. The summed E-state index contributed by atoms with van der Waals surface area (Å²) in [6.45, 7) is 3.57. The molecule has 1 saturated heterocycles. The molecule has 2 fully saturated rings. The Hall–Kier alpha value is -6.09. The van der Waals surface area contributed by atoms with Gasteiger partial charge in [0, 0.05) is 23.5 Å². The van der Waals surface area contributed by atoms with Gasteiger partial charge in [-0.3, -0.25) is 19.2 Å². The minimum atomic E-state index is -1.40. The van der Waals surface area contributed by atoms with Gasteiger partial charge in [0.1, 0.15) is 17.1 Å². The van der Waals surface area contributed by atoms with Gasteiger partial charge in [-0.2, -0.15) is 0 Å². The van der Waals surface area contributed by atoms with Crippen molar-refractivity contribution in [3.63, 3.8) is 0 Å². The summed E-state index contributed by atoms with van der Waals surface area (Å²) in [5.41, 5.74) is 2.58. The maximum absolute atomic E-state index is 15.2. The van der Waals surface area contributed by atoms with Crippen molar-refractivity contribution in [2.24, 2.45) is 23.7 Å². The number of carboxylic acids is 1. The van der Waals surface area contributed by atoms with Crippen molar-refractivity contribution in [1.82, 2.24) is 0 Å². The predicted octanol–water partition coefficient (Wildman–Crippen LogP) is 6.44. The summed E-state index contributed by atoms with van der Waals surface area (Å²) >= 11 is 0. The Labute approximate surface area is 299 Å². The molecule has 3 aliphatic carbocycles. The monoisotopic (exact) mass is 693 g/mol. The average Bonchev–Trinajstić information content (AvgIpc) is 3.40. The number of allylic oxidation sites excluding steroid dienone is 4. The Morgan fingerprint density at radius 1 is 0.808 bits per heavy atom. The Morgan fingerprint density at radius 3 is 2.10 bits per heavy atom. The molecule has 0 spiro atoms. The maximum Gasteiger partial charge on any atom is 0.339 e. The molecule has 0 radical (unpaired) electrons. The molecule has 3 N–H and O–H groups in total. The fraction of sp³-hybridized carbons (Fsp3) is 0.233. The molecule has 4 aliphatic rings. The minimum absolute atomic E-state index is 0.0578. The predicted molar refractivity (Wildman–Crippen MR) is 192 cm³/mol. The van der Waals surface area contributed by atoms with Crippen molar-refractivity contribution in [1.29, 1.82) is 0 Å². The van der Waals surface area contributed by atoms with E-state index in [0.29, 0.717) is 27.8 Å². The van der Waals surface area contributed by atoms with Crippen LogP contribution in [0.4, 0.5) is 5.69 Å². The second-order valence-electron chi connectivity index (χ2n) is 14.3. The SMILES string of the molecule is Cc1cc(C2C3=CCC4C(=O)N(c5ccc(C(=O)O)c(O)c5)C(=O)C4C3CC3C(=O)C(c4ccccc4)=CC(=O)C32c2ccccc2)cc(C)c1O. The number of ketones is 2. The number of hydrogen-bond donors (Lipinski definition) is 3. The standard InChI is InChI=1S/C43H35NO8/c1-22-17-25(18-23(2)38(22)47)37-28-15-16-30-36(41(50)44(40(30)49)27-13-14-29(42(51)52)34(45)19-27)32(28)20-33-39(48)31(24-9-5-3-6-10-24)21-35(46)43(33,37)26-11-7-4-8-12-26/h3-15,17-19,21,30,32-33,36-37,45,47H,16,20H2,1-2H3,(H,51,52). The maximum atomic E-state index is 15.2. The number of benzene rings is 4. The van der Waals surface area contributed by atoms with Crippen molar-refractivity contribution in [2.45, 2.75) is 38.0 Å². The Balaban J connectivity index is 1.35. The topological polar surface area (TPSA) is 149 Å². The van der Waals surface area contributed by atoms with Crippen LogP contribution in [-0.2, 0) is 24.6 Å². The zero-order valence-electron chi connectivity index (χ0n) is 28.4. The number of carbonyl (C=O) groups is 5. The number of fused-ring (bicyclic) bond motifs is 4. The molecule has 1 saturated carbocycles. The molecule has 6 atom stereocenters. The van der Waals surface area contributed by atoms with Crippen molar-refractivity contribution in [3.05, 3.63) is 142 Å². The van der Waals surface area contributed by atoms with Crippen LogP contribution in [0.3, 0.4) is 0 Å². The van der Waals surface area contributed by atoms with Gasteiger partial charge in [-0.1, -0.05) is 84.4 Å². The molecular formula is C43H35NO8. The van der Waals surface area contributed by atoms with Crippen LogP contribution >= 0.6 is 0 Å². The summed E-state index contributed by atoms with van der Waals surface area (Å²) in [6, 6.07) is 25.6. The van der Waals surface area contributed by atoms with Gasteiger partial charge in [0.2, 0.25) is 11.8 Å². The van der Waals surface area contributed by atoms with Crippen LogP contribution in [0, 0.1) is 37.5 Å². The van der Waals surface area contributed by atoms with E-state index in [2.05, 4.69) is 0 Å². The number of phenols is 2. The normalized spacial score (nSPS) is 26.7. The first-order chi connectivity index (χ1) is 24.9. The molecule has 4 aromatic carbocycles. The van der Waals surface area contributed by atoms with Crippen LogP contribution in [0.1, 0.15) is 56.9 Å². The number of aromatic carboxylic acids is 1. The summed E-state index contributed by atoms with van der Waals surface area (Å²) in [6.07, 6.45) is 3.76. The highest BCUT2D eigenvalue weighted by Crippen LogP contribution is 2.64. The zero-order chi connectivity index (χ0) is 36.6. The number of aryl methyl sites for hydroxylation is 2. The van der Waals surface area contributed by atoms with Crippen LogP contribution < -0.4 is 4.90 Å². The highest BCUT2D eigenvalue weighted by atomic mass is 16.4. The van der Waals surface area contributed by atoms with E-state index in [0.717, 1.165) is 28.2 Å². The first-order valence-corrected chi connectivity index (χ1v) is 17.3. The first kappa shape index (κ1) is 33.1. The van der Waals surface area contributed by atoms with E-state index < -0.39 is 58.5 Å². The van der Waals surface area contributed by atoms with Gasteiger partial charge >= 0.3 is 5.97 Å². The minimum Gasteiger partial charge on any atom is -0.507 e. The largest absolute Gasteiger partial charge is 0.507 e. The molecular weight excluding hydrogens is 658 g/mol. The van der Waals surface area contributed by atoms with E-state index in [-0.39, 0.29) is 41.4 Å². The Morgan fingerprint density at radius 2 is 1.46 bits per heavy atom. The molecule has 9 nitrogen and oxygen atoms in total. The summed E-state index contributed by atoms with van der Waals surface area (Å²) < 4.78 is 0. The summed E-state index contributed by atoms with van der Waals surface area (Å²) in [7, 11) is 0. The highest BCUT2D eigenvalue weighted by Gasteiger charge is 2.66. The lowest BCUT2D eigenvalue weighted by molar-refractivity contribution is -0.135. The lowest BCUT2D eigenvalue weighted by atomic mass is 9.44. The van der Waals surface area contributed by atoms with E-state index in [1.54, 1.807) is 26.0 Å². The second kappa shape index (κ2) is 12.0. The quantitative estimate of drug-likeness (QED) is 0.160. The third-order valence-corrected chi connectivity index (χ3v) is 11.7. The van der Waals surface area contributed by atoms with Gasteiger partial charge < -0.3 is 15.3 Å². The summed E-state index contributed by atoms with van der Waals surface area (Å²) in [5.74, 6) is -7.14. The molecule has 0 bridgehead atoms. The lowest BCUT2D eigenvalue weighted by Gasteiger charge is -2.55. The fourth-order valence-electron chi connectivity index (χ4n) is 9.50. The van der Waals surface area contributed by atoms with Crippen LogP contribution in [0.2, 0.25) is 0 Å². The molecule has 260 valence electrons. The number of hydrogen-bond acceptors (Lipinski definition) is 7. The third kappa shape index (κ3) is 4.65. The molecule has 0 aromatic heterocycles. The van der Waals surface area contributed by atoms with Crippen LogP contribution in [0.15, 0.2) is 109 Å². The van der Waals surface area contributed by atoms with Crippen molar-refractivity contribution in [3.8, 4) is 11.5 Å². The zero-order valence-corrected chi connectivity index (χ0v) is 28.4. The number of Topliss-reactive ketones (excluding diaryl/α,β-unsaturated/α-hetero) is 1.